The number of nitriles is 1. The van der Waals surface area contributed by atoms with E-state index in [0.29, 0.717) is 11.1 Å². The van der Waals surface area contributed by atoms with Gasteiger partial charge in [0, 0.05) is 0 Å². The molecule has 7 nitrogen and oxygen atoms in total. The van der Waals surface area contributed by atoms with Crippen molar-refractivity contribution >= 4 is 17.7 Å². The lowest BCUT2D eigenvalue weighted by Gasteiger charge is -2.19. The van der Waals surface area contributed by atoms with Crippen molar-refractivity contribution < 1.29 is 17.6 Å². The van der Waals surface area contributed by atoms with Crippen molar-refractivity contribution in [2.75, 3.05) is 5.73 Å². The number of aromatic nitrogens is 2. The first kappa shape index (κ1) is 18.6. The summed E-state index contributed by atoms with van der Waals surface area (Å²) in [6, 6.07) is 13.1. The van der Waals surface area contributed by atoms with E-state index in [1.54, 1.807) is 12.1 Å². The molecule has 3 heterocycles. The van der Waals surface area contributed by atoms with Crippen LogP contribution in [0.25, 0.3) is 17.5 Å². The number of hydrogen-bond acceptors (Lipinski definition) is 6. The zero-order valence-corrected chi connectivity index (χ0v) is 15.7. The average Bonchev–Trinajstić information content (AvgIpc) is 3.26. The quantitative estimate of drug-likeness (QED) is 0.533. The maximum Gasteiger partial charge on any atom is 0.362 e. The number of rotatable bonds is 2. The van der Waals surface area contributed by atoms with Gasteiger partial charge in [-0.05, 0) is 41.5 Å². The fourth-order valence-electron chi connectivity index (χ4n) is 3.71. The minimum atomic E-state index is -0.857. The second kappa shape index (κ2) is 6.81. The Morgan fingerprint density at radius 3 is 2.58 bits per heavy atom. The molecule has 0 bridgehead atoms. The van der Waals surface area contributed by atoms with Gasteiger partial charge in [-0.25, -0.2) is 18.1 Å². The molecule has 0 unspecified atom stereocenters. The van der Waals surface area contributed by atoms with E-state index in [0.717, 1.165) is 0 Å². The molecule has 1 aliphatic heterocycles. The molecule has 2 N–H and O–H groups in total. The third-order valence-corrected chi connectivity index (χ3v) is 4.94. The molecule has 31 heavy (non-hydrogen) atoms. The molecule has 0 aliphatic carbocycles. The monoisotopic (exact) mass is 418 g/mol. The highest BCUT2D eigenvalue weighted by Gasteiger charge is 2.36. The Morgan fingerprint density at radius 1 is 1.13 bits per heavy atom. The van der Waals surface area contributed by atoms with Crippen LogP contribution in [-0.4, -0.2) is 9.55 Å². The highest BCUT2D eigenvalue weighted by atomic mass is 19.1. The summed E-state index contributed by atoms with van der Waals surface area (Å²) in [5.74, 6) is -1.78. The van der Waals surface area contributed by atoms with Crippen LogP contribution >= 0.6 is 0 Å². The van der Waals surface area contributed by atoms with E-state index >= 15 is 0 Å². The molecule has 1 aliphatic rings. The van der Waals surface area contributed by atoms with E-state index in [1.807, 2.05) is 6.07 Å². The smallest absolute Gasteiger partial charge is 0.362 e. The summed E-state index contributed by atoms with van der Waals surface area (Å²) in [5.41, 5.74) is 5.98. The van der Waals surface area contributed by atoms with Crippen LogP contribution in [0.2, 0.25) is 0 Å². The molecule has 0 fully saturated rings. The van der Waals surface area contributed by atoms with Gasteiger partial charge in [0.25, 0.3) is 6.01 Å². The van der Waals surface area contributed by atoms with Crippen molar-refractivity contribution in [1.82, 2.24) is 9.55 Å². The summed E-state index contributed by atoms with van der Waals surface area (Å²) in [4.78, 5) is 16.9. The molecule has 4 aromatic rings. The molecule has 0 radical (unpaired) electrons. The van der Waals surface area contributed by atoms with Gasteiger partial charge < -0.3 is 14.6 Å². The Morgan fingerprint density at radius 2 is 1.87 bits per heavy atom. The van der Waals surface area contributed by atoms with Crippen molar-refractivity contribution in [3.8, 4) is 12.0 Å². The molecule has 9 heteroatoms. The number of hydrogen-bond donors (Lipinski definition) is 1. The normalized spacial score (nSPS) is 15.5. The van der Waals surface area contributed by atoms with Gasteiger partial charge in [-0.2, -0.15) is 10.2 Å². The fourth-order valence-corrected chi connectivity index (χ4v) is 3.71. The average molecular weight is 418 g/mol. The van der Waals surface area contributed by atoms with E-state index in [1.165, 1.54) is 47.0 Å². The van der Waals surface area contributed by atoms with Crippen molar-refractivity contribution in [3.05, 3.63) is 98.3 Å². The summed E-state index contributed by atoms with van der Waals surface area (Å²) in [5, 5.41) is 9.88. The lowest BCUT2D eigenvalue weighted by atomic mass is 9.87. The zero-order chi connectivity index (χ0) is 21.7. The molecule has 0 spiro atoms. The van der Waals surface area contributed by atoms with E-state index in [9.17, 15) is 18.8 Å². The van der Waals surface area contributed by atoms with Crippen molar-refractivity contribution in [2.24, 2.45) is 0 Å². The number of benzene rings is 2. The lowest BCUT2D eigenvalue weighted by Crippen LogP contribution is -2.35. The van der Waals surface area contributed by atoms with E-state index in [2.05, 4.69) is 4.98 Å². The van der Waals surface area contributed by atoms with E-state index in [-0.39, 0.29) is 34.1 Å². The summed E-state index contributed by atoms with van der Waals surface area (Å²) < 4.78 is 39.7. The topological polar surface area (TPSA) is 111 Å². The number of nitrogen functional groups attached to an aromatic ring is 1. The van der Waals surface area contributed by atoms with E-state index < -0.39 is 23.2 Å². The summed E-state index contributed by atoms with van der Waals surface area (Å²) in [6.07, 6.45) is 1.40. The second-order valence-corrected chi connectivity index (χ2v) is 6.87. The lowest BCUT2D eigenvalue weighted by molar-refractivity contribution is 0.455. The van der Waals surface area contributed by atoms with Crippen LogP contribution in [-0.2, 0) is 0 Å². The van der Waals surface area contributed by atoms with Gasteiger partial charge in [-0.15, -0.1) is 0 Å². The molecule has 2 aromatic heterocycles. The zero-order valence-electron chi connectivity index (χ0n) is 15.7. The van der Waals surface area contributed by atoms with Crippen molar-refractivity contribution in [1.29, 1.82) is 5.26 Å². The predicted molar refractivity (Wildman–Crippen MR) is 105 cm³/mol. The number of halogens is 2. The van der Waals surface area contributed by atoms with Crippen LogP contribution in [0.3, 0.4) is 0 Å². The number of nitrogens with zero attached hydrogens (tertiary/aromatic N) is 3. The molecule has 5 rings (SSSR count). The summed E-state index contributed by atoms with van der Waals surface area (Å²) in [7, 11) is 0. The molecule has 0 saturated heterocycles. The number of anilines is 1. The molecular weight excluding hydrogens is 406 g/mol. The molecule has 152 valence electrons. The third kappa shape index (κ3) is 2.93. The minimum absolute atomic E-state index is 0.0107. The Hall–Kier alpha value is -4.45. The van der Waals surface area contributed by atoms with Gasteiger partial charge in [0.15, 0.2) is 0 Å². The molecule has 0 saturated carbocycles. The first-order valence-corrected chi connectivity index (χ1v) is 9.12. The molecular formula is C22H12F2N4O3. The van der Waals surface area contributed by atoms with Crippen LogP contribution in [0.15, 0.2) is 62.2 Å². The maximum absolute atomic E-state index is 13.9. The van der Waals surface area contributed by atoms with Gasteiger partial charge in [0.1, 0.15) is 34.3 Å². The van der Waals surface area contributed by atoms with Gasteiger partial charge in [0.2, 0.25) is 11.4 Å². The van der Waals surface area contributed by atoms with Crippen LogP contribution in [0.1, 0.15) is 22.7 Å². The van der Waals surface area contributed by atoms with Gasteiger partial charge in [-0.3, -0.25) is 0 Å². The molecule has 1 atom stereocenters. The van der Waals surface area contributed by atoms with Crippen LogP contribution in [0, 0.1) is 23.0 Å². The minimum Gasteiger partial charge on any atom is -0.406 e. The van der Waals surface area contributed by atoms with Crippen LogP contribution in [0.4, 0.5) is 14.8 Å². The first-order valence-electron chi connectivity index (χ1n) is 9.12. The Labute approximate surface area is 172 Å². The van der Waals surface area contributed by atoms with Gasteiger partial charge in [0.05, 0.1) is 5.92 Å². The Kier molecular flexibility index (Phi) is 4.08. The third-order valence-electron chi connectivity index (χ3n) is 4.94. The number of fused-ring (bicyclic) bond motifs is 3. The standard InChI is InChI=1S/C22H12F2N4O3/c23-13-5-1-3-11(7-13)8-16-21(29)30-19-15(10-25)17(12-4-2-6-14(24)9-12)18-20(28(16)19)31-22(26)27-18/h1-9,17H,(H2,26,27)/b16-8+/t17-/m1/s1. The molecule has 2 aromatic carbocycles. The second-order valence-electron chi connectivity index (χ2n) is 6.87. The summed E-state index contributed by atoms with van der Waals surface area (Å²) >= 11 is 0. The van der Waals surface area contributed by atoms with Crippen LogP contribution < -0.4 is 22.3 Å². The molecule has 0 amide bonds. The maximum atomic E-state index is 13.9. The van der Waals surface area contributed by atoms with Crippen molar-refractivity contribution in [2.45, 2.75) is 5.92 Å². The van der Waals surface area contributed by atoms with Gasteiger partial charge >= 0.3 is 5.63 Å². The highest BCUT2D eigenvalue weighted by molar-refractivity contribution is 5.73. The largest absolute Gasteiger partial charge is 0.406 e. The fraction of sp³-hybridized carbons (Fsp3) is 0.0455. The SMILES string of the molecule is N#CC1=c2oc(=O)/c(=C\c3cccc(F)c3)n2-c2oc(N)nc2[C@@H]1c1cccc(F)c1. The number of oxazole rings is 2. The first-order chi connectivity index (χ1) is 15.0. The van der Waals surface area contributed by atoms with Crippen LogP contribution in [0.5, 0.6) is 0 Å². The Balaban J connectivity index is 1.89. The van der Waals surface area contributed by atoms with E-state index in [4.69, 9.17) is 14.6 Å². The summed E-state index contributed by atoms with van der Waals surface area (Å²) in [6.45, 7) is 0. The van der Waals surface area contributed by atoms with Crippen molar-refractivity contribution in [3.63, 3.8) is 0 Å². The van der Waals surface area contributed by atoms with Gasteiger partial charge in [-0.1, -0.05) is 24.3 Å². The highest BCUT2D eigenvalue weighted by Crippen LogP contribution is 2.37. The predicted octanol–water partition coefficient (Wildman–Crippen LogP) is 1.93. The Bertz CT molecular complexity index is 1570. The number of nitrogens with two attached hydrogens (primary N) is 1.